The fourth-order valence-electron chi connectivity index (χ4n) is 7.55. The summed E-state index contributed by atoms with van der Waals surface area (Å²) in [6.45, 7) is 20.3. The highest BCUT2D eigenvalue weighted by atomic mass is 28.4. The number of rotatable bonds is 18. The summed E-state index contributed by atoms with van der Waals surface area (Å²) >= 11 is 0. The van der Waals surface area contributed by atoms with Crippen LogP contribution in [0.4, 0.5) is 22.8 Å². The van der Waals surface area contributed by atoms with Gasteiger partial charge in [-0.3, -0.25) is 9.59 Å². The van der Waals surface area contributed by atoms with Crippen molar-refractivity contribution in [1.29, 1.82) is 0 Å². The van der Waals surface area contributed by atoms with Crippen LogP contribution in [0.3, 0.4) is 0 Å². The van der Waals surface area contributed by atoms with Crippen LogP contribution in [0, 0.1) is 11.8 Å². The van der Waals surface area contributed by atoms with Crippen LogP contribution >= 0.6 is 0 Å². The number of nitrogens with zero attached hydrogens (tertiary/aromatic N) is 2. The van der Waals surface area contributed by atoms with Crippen LogP contribution < -0.4 is 15.4 Å². The normalized spacial score (nSPS) is 15.8. The molecule has 3 aromatic rings. The van der Waals surface area contributed by atoms with Gasteiger partial charge >= 0.3 is 18.5 Å². The number of piperidine rings is 1. The summed E-state index contributed by atoms with van der Waals surface area (Å²) in [4.78, 5) is 59.1. The lowest BCUT2D eigenvalue weighted by Gasteiger charge is -2.42. The Morgan fingerprint density at radius 3 is 1.85 bits per heavy atom. The maximum Gasteiger partial charge on any atom is 0.573 e. The molecule has 0 aromatic heterocycles. The largest absolute Gasteiger partial charge is 0.573 e. The van der Waals surface area contributed by atoms with E-state index in [1.165, 1.54) is 24.3 Å². The smallest absolute Gasteiger partial charge is 0.445 e. The highest BCUT2D eigenvalue weighted by molar-refractivity contribution is 6.74. The fraction of sp³-hybridized carbons (Fsp3) is 0.560. The average Bonchev–Trinajstić information content (AvgIpc) is 3.23. The number of amides is 4. The molecule has 4 rings (SSSR count). The summed E-state index contributed by atoms with van der Waals surface area (Å²) in [6, 6.07) is 22.6. The van der Waals surface area contributed by atoms with Gasteiger partial charge in [0.05, 0.1) is 12.1 Å². The Morgan fingerprint density at radius 1 is 0.788 bits per heavy atom. The predicted molar refractivity (Wildman–Crippen MR) is 251 cm³/mol. The van der Waals surface area contributed by atoms with Crippen molar-refractivity contribution in [3.63, 3.8) is 0 Å². The van der Waals surface area contributed by atoms with Gasteiger partial charge < -0.3 is 39.1 Å². The monoisotopic (exact) mass is 940 g/mol. The van der Waals surface area contributed by atoms with Gasteiger partial charge in [0.25, 0.3) is 0 Å². The summed E-state index contributed by atoms with van der Waals surface area (Å²) in [5.41, 5.74) is 1.53. The predicted octanol–water partition coefficient (Wildman–Crippen LogP) is 10.1. The van der Waals surface area contributed by atoms with Crippen LogP contribution in [0.15, 0.2) is 84.9 Å². The van der Waals surface area contributed by atoms with E-state index in [9.17, 15) is 32.3 Å². The molecule has 16 heteroatoms. The van der Waals surface area contributed by atoms with E-state index < -0.39 is 68.2 Å². The van der Waals surface area contributed by atoms with Gasteiger partial charge in [0, 0.05) is 32.1 Å². The molecule has 0 radical (unpaired) electrons. The molecule has 0 bridgehead atoms. The number of halogens is 3. The topological polar surface area (TPSA) is 136 Å². The Morgan fingerprint density at radius 2 is 1.33 bits per heavy atom. The molecule has 4 amide bonds. The van der Waals surface area contributed by atoms with Crippen LogP contribution in [0.1, 0.15) is 91.3 Å². The van der Waals surface area contributed by atoms with Gasteiger partial charge in [0.15, 0.2) is 8.32 Å². The van der Waals surface area contributed by atoms with Crippen molar-refractivity contribution in [2.24, 2.45) is 11.8 Å². The number of benzene rings is 3. The molecule has 4 atom stereocenters. The number of ether oxygens (including phenoxy) is 3. The van der Waals surface area contributed by atoms with Crippen molar-refractivity contribution < 1.29 is 51.0 Å². The van der Waals surface area contributed by atoms with E-state index >= 15 is 0 Å². The van der Waals surface area contributed by atoms with Crippen molar-refractivity contribution in [3.05, 3.63) is 102 Å². The van der Waals surface area contributed by atoms with E-state index in [2.05, 4.69) is 49.2 Å². The summed E-state index contributed by atoms with van der Waals surface area (Å²) in [6.07, 6.45) is -5.25. The average molecular weight is 941 g/mol. The molecule has 0 spiro atoms. The molecule has 0 saturated carbocycles. The highest BCUT2D eigenvalue weighted by Crippen LogP contribution is 2.39. The number of alkyl halides is 3. The molecule has 12 nitrogen and oxygen atoms in total. The Kier molecular flexibility index (Phi) is 18.7. The van der Waals surface area contributed by atoms with Crippen molar-refractivity contribution in [2.75, 3.05) is 20.1 Å². The lowest BCUT2D eigenvalue weighted by Crippen LogP contribution is -2.57. The van der Waals surface area contributed by atoms with E-state index in [1.807, 2.05) is 74.5 Å². The quantitative estimate of drug-likeness (QED) is 0.120. The SMILES string of the molecule is CC(C)[C@H](NC(=O)[C@H](Cc1ccc(OC(F)(F)F)cc1)C[C@H](O[Si](C)(C)C(C)(C)C)[C@H](Cc1ccccc1)NC(=O)OC(C)(C)C)C(=O)N1CCC(N(C)C(=O)OCc2ccccc2)CC1. The first-order valence-electron chi connectivity index (χ1n) is 22.8. The van der Waals surface area contributed by atoms with E-state index in [0.29, 0.717) is 37.9 Å². The van der Waals surface area contributed by atoms with Gasteiger partial charge in [-0.2, -0.15) is 0 Å². The van der Waals surface area contributed by atoms with Gasteiger partial charge in [-0.25, -0.2) is 9.59 Å². The fourth-order valence-corrected chi connectivity index (χ4v) is 8.92. The van der Waals surface area contributed by atoms with Gasteiger partial charge in [0.2, 0.25) is 11.8 Å². The zero-order chi connectivity index (χ0) is 49.0. The van der Waals surface area contributed by atoms with Gasteiger partial charge in [-0.1, -0.05) is 107 Å². The minimum atomic E-state index is -4.88. The molecule has 1 aliphatic rings. The number of hydrogen-bond acceptors (Lipinski definition) is 8. The van der Waals surface area contributed by atoms with E-state index in [0.717, 1.165) is 11.1 Å². The lowest BCUT2D eigenvalue weighted by molar-refractivity contribution is -0.274. The number of carbonyl (C=O) groups excluding carboxylic acids is 4. The number of nitrogens with one attached hydrogen (secondary N) is 2. The summed E-state index contributed by atoms with van der Waals surface area (Å²) < 4.78 is 61.9. The molecule has 364 valence electrons. The summed E-state index contributed by atoms with van der Waals surface area (Å²) in [5.74, 6) is -2.33. The van der Waals surface area contributed by atoms with Crippen LogP contribution in [0.25, 0.3) is 0 Å². The molecule has 1 aliphatic heterocycles. The molecule has 66 heavy (non-hydrogen) atoms. The molecule has 0 aliphatic carbocycles. The molecular weight excluding hydrogens is 870 g/mol. The van der Waals surface area contributed by atoms with Gasteiger partial charge in [-0.15, -0.1) is 13.2 Å². The van der Waals surface area contributed by atoms with Crippen LogP contribution in [0.5, 0.6) is 5.75 Å². The summed E-state index contributed by atoms with van der Waals surface area (Å²) in [7, 11) is -0.948. The zero-order valence-electron chi connectivity index (χ0n) is 40.5. The maximum absolute atomic E-state index is 14.9. The van der Waals surface area contributed by atoms with Crippen molar-refractivity contribution in [1.82, 2.24) is 20.4 Å². The van der Waals surface area contributed by atoms with E-state index in [4.69, 9.17) is 13.9 Å². The third kappa shape index (κ3) is 17.0. The Balaban J connectivity index is 1.64. The number of alkyl carbamates (subject to hydrolysis) is 1. The van der Waals surface area contributed by atoms with Crippen molar-refractivity contribution in [2.45, 2.75) is 148 Å². The second-order valence-electron chi connectivity index (χ2n) is 20.1. The highest BCUT2D eigenvalue weighted by Gasteiger charge is 2.43. The number of carbonyl (C=O) groups is 4. The Labute approximate surface area is 390 Å². The van der Waals surface area contributed by atoms with E-state index in [1.54, 1.807) is 37.6 Å². The van der Waals surface area contributed by atoms with E-state index in [-0.39, 0.29) is 42.4 Å². The number of likely N-dealkylation sites (tertiary alicyclic amines) is 1. The molecular formula is C50H71F3N4O8Si. The molecule has 1 fully saturated rings. The number of hydrogen-bond donors (Lipinski definition) is 2. The van der Waals surface area contributed by atoms with Crippen LogP contribution in [-0.2, 0) is 42.9 Å². The molecule has 3 aromatic carbocycles. The van der Waals surface area contributed by atoms with Crippen LogP contribution in [-0.4, -0.2) is 98.4 Å². The third-order valence-electron chi connectivity index (χ3n) is 12.3. The standard InChI is InChI=1S/C50H71F3N4O8Si/c1-34(2)43(45(59)57-28-26-39(27-29-57)56(9)47(61)62-33-37-20-16-13-17-21-37)55-44(58)38(30-36-22-24-40(25-23-36)63-50(51,52)53)32-42(65-66(10,11)49(6,7)8)41(31-35-18-14-12-15-19-35)54-46(60)64-48(3,4)5/h12-25,34,38-39,41-43H,26-33H2,1-11H3,(H,54,60)(H,55,58)/t38-,41+,42+,43+/m1/s1. The van der Waals surface area contributed by atoms with Gasteiger partial charge in [-0.05, 0) is 106 Å². The summed E-state index contributed by atoms with van der Waals surface area (Å²) in [5, 5.41) is 5.87. The van der Waals surface area contributed by atoms with Crippen LogP contribution in [0.2, 0.25) is 18.1 Å². The van der Waals surface area contributed by atoms with Gasteiger partial charge in [0.1, 0.15) is 24.0 Å². The second-order valence-corrected chi connectivity index (χ2v) is 24.9. The molecule has 1 saturated heterocycles. The zero-order valence-corrected chi connectivity index (χ0v) is 41.5. The van der Waals surface area contributed by atoms with Crippen molar-refractivity contribution in [3.8, 4) is 5.75 Å². The Hall–Kier alpha value is -5.09. The Bertz CT molecular complexity index is 2020. The minimum absolute atomic E-state index is 0.0666. The molecule has 1 heterocycles. The lowest BCUT2D eigenvalue weighted by atomic mass is 9.88. The maximum atomic E-state index is 14.9. The molecule has 0 unspecified atom stereocenters. The molecule has 2 N–H and O–H groups in total. The van der Waals surface area contributed by atoms with Crippen molar-refractivity contribution >= 4 is 32.3 Å². The minimum Gasteiger partial charge on any atom is -0.445 e. The first-order chi connectivity index (χ1) is 30.7. The first-order valence-corrected chi connectivity index (χ1v) is 25.7. The third-order valence-corrected chi connectivity index (χ3v) is 16.8. The second kappa shape index (κ2) is 23.1. The first kappa shape index (κ1) is 53.5.